The van der Waals surface area contributed by atoms with Crippen LogP contribution in [0, 0.1) is 5.92 Å². The summed E-state index contributed by atoms with van der Waals surface area (Å²) in [5, 5.41) is 8.26. The highest BCUT2D eigenvalue weighted by molar-refractivity contribution is 6.04. The van der Waals surface area contributed by atoms with Crippen molar-refractivity contribution in [3.8, 4) is 0 Å². The van der Waals surface area contributed by atoms with E-state index in [-0.39, 0.29) is 11.5 Å². The molecule has 1 saturated heterocycles. The summed E-state index contributed by atoms with van der Waals surface area (Å²) in [6.45, 7) is 1.46. The summed E-state index contributed by atoms with van der Waals surface area (Å²) in [4.78, 5) is 27.7. The molecule has 4 rings (SSSR count). The van der Waals surface area contributed by atoms with Gasteiger partial charge in [0.25, 0.3) is 11.5 Å². The summed E-state index contributed by atoms with van der Waals surface area (Å²) < 4.78 is 1.49. The third-order valence-electron chi connectivity index (χ3n) is 5.98. The Morgan fingerprint density at radius 3 is 2.69 bits per heavy atom. The molecule has 0 radical (unpaired) electrons. The molecule has 138 valence electrons. The number of piperidine rings is 1. The molecule has 2 heterocycles. The van der Waals surface area contributed by atoms with E-state index in [0.717, 1.165) is 12.5 Å². The van der Waals surface area contributed by atoms with Crippen LogP contribution in [0.1, 0.15) is 49.0 Å². The first-order valence-electron chi connectivity index (χ1n) is 9.65. The number of nitrogens with zero attached hydrogens (tertiary/aromatic N) is 3. The zero-order valence-corrected chi connectivity index (χ0v) is 15.3. The van der Waals surface area contributed by atoms with Crippen molar-refractivity contribution in [1.82, 2.24) is 20.0 Å². The summed E-state index contributed by atoms with van der Waals surface area (Å²) in [5.41, 5.74) is 0.200. The second kappa shape index (κ2) is 7.19. The molecule has 1 aromatic carbocycles. The zero-order valence-electron chi connectivity index (χ0n) is 15.3. The van der Waals surface area contributed by atoms with Crippen LogP contribution < -0.4 is 10.9 Å². The summed E-state index contributed by atoms with van der Waals surface area (Å²) in [6, 6.07) is 7.77. The molecule has 0 spiro atoms. The quantitative estimate of drug-likeness (QED) is 0.919. The molecular weight excluding hydrogens is 328 g/mol. The van der Waals surface area contributed by atoms with Crippen LogP contribution in [0.5, 0.6) is 0 Å². The van der Waals surface area contributed by atoms with Crippen LogP contribution in [0.3, 0.4) is 0 Å². The van der Waals surface area contributed by atoms with Gasteiger partial charge in [0, 0.05) is 25.0 Å². The van der Waals surface area contributed by atoms with Crippen molar-refractivity contribution in [2.24, 2.45) is 5.92 Å². The Balaban J connectivity index is 1.73. The number of aromatic nitrogens is 2. The molecule has 6 heteroatoms. The minimum absolute atomic E-state index is 0.119. The Hall–Kier alpha value is -2.21. The molecule has 1 N–H and O–H groups in total. The third-order valence-corrected chi connectivity index (χ3v) is 5.98. The van der Waals surface area contributed by atoms with Gasteiger partial charge in [-0.15, -0.1) is 0 Å². The van der Waals surface area contributed by atoms with E-state index in [0.29, 0.717) is 29.2 Å². The fourth-order valence-electron chi connectivity index (χ4n) is 4.69. The number of carbonyl (C=O) groups is 1. The molecule has 1 aliphatic carbocycles. The van der Waals surface area contributed by atoms with Crippen molar-refractivity contribution in [2.75, 3.05) is 13.6 Å². The predicted molar refractivity (Wildman–Crippen MR) is 101 cm³/mol. The average Bonchev–Trinajstić information content (AvgIpc) is 2.70. The SMILES string of the molecule is CNC(=O)c1nn(CN2CCC[C@@H]3CCCC[C@H]32)c(=O)c2ccccc12. The lowest BCUT2D eigenvalue weighted by Crippen LogP contribution is -2.49. The lowest BCUT2D eigenvalue weighted by atomic mass is 9.78. The summed E-state index contributed by atoms with van der Waals surface area (Å²) >= 11 is 0. The maximum absolute atomic E-state index is 13.0. The molecule has 0 bridgehead atoms. The fourth-order valence-corrected chi connectivity index (χ4v) is 4.69. The van der Waals surface area contributed by atoms with Crippen molar-refractivity contribution in [1.29, 1.82) is 0 Å². The molecule has 1 amide bonds. The molecule has 2 aliphatic rings. The molecule has 2 fully saturated rings. The van der Waals surface area contributed by atoms with Crippen LogP contribution in [-0.4, -0.2) is 40.2 Å². The minimum atomic E-state index is -0.260. The molecule has 2 atom stereocenters. The monoisotopic (exact) mass is 354 g/mol. The number of nitrogens with one attached hydrogen (secondary N) is 1. The van der Waals surface area contributed by atoms with Crippen molar-refractivity contribution < 1.29 is 4.79 Å². The summed E-state index contributed by atoms with van der Waals surface area (Å²) in [5.74, 6) is 0.483. The van der Waals surface area contributed by atoms with Gasteiger partial charge in [0.1, 0.15) is 0 Å². The number of hydrogen-bond acceptors (Lipinski definition) is 4. The van der Waals surface area contributed by atoms with Crippen LogP contribution in [0.15, 0.2) is 29.1 Å². The molecular formula is C20H26N4O2. The standard InChI is InChI=1S/C20H26N4O2/c1-21-19(25)18-15-9-3-4-10-16(15)20(26)24(22-18)13-23-12-6-8-14-7-2-5-11-17(14)23/h3-4,9-10,14,17H,2,5-8,11-13H2,1H3,(H,21,25)/t14-,17+/m0/s1. The van der Waals surface area contributed by atoms with Gasteiger partial charge in [-0.2, -0.15) is 5.10 Å². The van der Waals surface area contributed by atoms with E-state index in [1.165, 1.54) is 43.2 Å². The van der Waals surface area contributed by atoms with E-state index >= 15 is 0 Å². The van der Waals surface area contributed by atoms with E-state index in [1.54, 1.807) is 19.2 Å². The van der Waals surface area contributed by atoms with E-state index in [4.69, 9.17) is 0 Å². The van der Waals surface area contributed by atoms with Crippen molar-refractivity contribution in [3.63, 3.8) is 0 Å². The Bertz CT molecular complexity index is 874. The molecule has 1 aliphatic heterocycles. The minimum Gasteiger partial charge on any atom is -0.354 e. The number of hydrogen-bond donors (Lipinski definition) is 1. The molecule has 1 saturated carbocycles. The van der Waals surface area contributed by atoms with E-state index in [1.807, 2.05) is 12.1 Å². The molecule has 26 heavy (non-hydrogen) atoms. The summed E-state index contributed by atoms with van der Waals surface area (Å²) in [7, 11) is 1.59. The normalized spacial score (nSPS) is 23.6. The van der Waals surface area contributed by atoms with Gasteiger partial charge in [0.2, 0.25) is 0 Å². The third kappa shape index (κ3) is 3.03. The Labute approximate surface area is 153 Å². The zero-order chi connectivity index (χ0) is 18.1. The predicted octanol–water partition coefficient (Wildman–Crippen LogP) is 2.37. The van der Waals surface area contributed by atoms with E-state index in [2.05, 4.69) is 15.3 Å². The van der Waals surface area contributed by atoms with Crippen molar-refractivity contribution >= 4 is 16.7 Å². The first-order chi connectivity index (χ1) is 12.7. The number of fused-ring (bicyclic) bond motifs is 2. The van der Waals surface area contributed by atoms with Crippen LogP contribution in [0.25, 0.3) is 10.8 Å². The smallest absolute Gasteiger partial charge is 0.275 e. The maximum atomic E-state index is 13.0. The van der Waals surface area contributed by atoms with E-state index < -0.39 is 0 Å². The van der Waals surface area contributed by atoms with Gasteiger partial charge in [-0.3, -0.25) is 14.5 Å². The largest absolute Gasteiger partial charge is 0.354 e. The topological polar surface area (TPSA) is 67.2 Å². The number of rotatable bonds is 3. The maximum Gasteiger partial charge on any atom is 0.275 e. The van der Waals surface area contributed by atoms with Gasteiger partial charge in [-0.1, -0.05) is 31.0 Å². The molecule has 6 nitrogen and oxygen atoms in total. The number of carbonyl (C=O) groups excluding carboxylic acids is 1. The Morgan fingerprint density at radius 2 is 1.88 bits per heavy atom. The van der Waals surface area contributed by atoms with Gasteiger partial charge in [-0.05, 0) is 37.7 Å². The first kappa shape index (κ1) is 17.2. The van der Waals surface area contributed by atoms with Crippen LogP contribution in [0.2, 0.25) is 0 Å². The van der Waals surface area contributed by atoms with Crippen molar-refractivity contribution in [2.45, 2.75) is 51.2 Å². The van der Waals surface area contributed by atoms with E-state index in [9.17, 15) is 9.59 Å². The first-order valence-corrected chi connectivity index (χ1v) is 9.65. The number of amides is 1. The molecule has 0 unspecified atom stereocenters. The summed E-state index contributed by atoms with van der Waals surface area (Å²) in [6.07, 6.45) is 7.56. The van der Waals surface area contributed by atoms with Crippen LogP contribution in [-0.2, 0) is 6.67 Å². The highest BCUT2D eigenvalue weighted by atomic mass is 16.2. The molecule has 2 aromatic rings. The second-order valence-electron chi connectivity index (χ2n) is 7.49. The second-order valence-corrected chi connectivity index (χ2v) is 7.49. The van der Waals surface area contributed by atoms with Gasteiger partial charge >= 0.3 is 0 Å². The van der Waals surface area contributed by atoms with Gasteiger partial charge in [0.15, 0.2) is 5.69 Å². The van der Waals surface area contributed by atoms with Gasteiger partial charge < -0.3 is 5.32 Å². The number of benzene rings is 1. The highest BCUT2D eigenvalue weighted by Gasteiger charge is 2.33. The van der Waals surface area contributed by atoms with Crippen molar-refractivity contribution in [3.05, 3.63) is 40.3 Å². The molecule has 1 aromatic heterocycles. The number of likely N-dealkylation sites (tertiary alicyclic amines) is 1. The van der Waals surface area contributed by atoms with Gasteiger partial charge in [0.05, 0.1) is 12.1 Å². The fraction of sp³-hybridized carbons (Fsp3) is 0.550. The van der Waals surface area contributed by atoms with Gasteiger partial charge in [-0.25, -0.2) is 4.68 Å². The van der Waals surface area contributed by atoms with Crippen LogP contribution in [0.4, 0.5) is 0 Å². The Morgan fingerprint density at radius 1 is 1.15 bits per heavy atom. The van der Waals surface area contributed by atoms with Crippen LogP contribution >= 0.6 is 0 Å². The Kier molecular flexibility index (Phi) is 4.76. The average molecular weight is 354 g/mol. The lowest BCUT2D eigenvalue weighted by Gasteiger charge is -2.44. The lowest BCUT2D eigenvalue weighted by molar-refractivity contribution is 0.0314. The highest BCUT2D eigenvalue weighted by Crippen LogP contribution is 2.35.